The minimum atomic E-state index is -4.73. The molecule has 1 N–H and O–H groups in total. The highest BCUT2D eigenvalue weighted by Gasteiger charge is 2.38. The molecule has 10 nitrogen and oxygen atoms in total. The van der Waals surface area contributed by atoms with Gasteiger partial charge in [-0.2, -0.15) is 23.5 Å². The number of nitriles is 1. The molecule has 2 aliphatic rings. The third-order valence-corrected chi connectivity index (χ3v) is 5.08. The molecule has 0 radical (unpaired) electrons. The first kappa shape index (κ1) is 27.6. The van der Waals surface area contributed by atoms with Gasteiger partial charge in [0.2, 0.25) is 5.91 Å². The van der Waals surface area contributed by atoms with Crippen LogP contribution in [0.15, 0.2) is 29.3 Å². The maximum Gasteiger partial charge on any atom is 0.425 e. The number of carbonyl (C=O) groups excluding carboxylic acids is 1. The molecule has 2 aromatic rings. The van der Waals surface area contributed by atoms with Crippen LogP contribution in [0.2, 0.25) is 0 Å². The van der Waals surface area contributed by atoms with Gasteiger partial charge < -0.3 is 19.3 Å². The molecule has 0 unspecified atom stereocenters. The van der Waals surface area contributed by atoms with Crippen molar-refractivity contribution in [2.45, 2.75) is 25.9 Å². The van der Waals surface area contributed by atoms with Gasteiger partial charge in [0.15, 0.2) is 11.3 Å². The zero-order valence-electron chi connectivity index (χ0n) is 19.5. The molecule has 2 saturated heterocycles. The number of aromatic nitrogens is 3. The summed E-state index contributed by atoms with van der Waals surface area (Å²) in [5, 5.41) is 13.5. The van der Waals surface area contributed by atoms with E-state index >= 15 is 0 Å². The van der Waals surface area contributed by atoms with Crippen LogP contribution >= 0.6 is 0 Å². The van der Waals surface area contributed by atoms with Crippen molar-refractivity contribution in [3.63, 3.8) is 0 Å². The van der Waals surface area contributed by atoms with E-state index in [1.807, 2.05) is 17.0 Å². The number of halogens is 3. The number of methoxy groups -OCH3 is 1. The van der Waals surface area contributed by atoms with Gasteiger partial charge in [-0.1, -0.05) is 0 Å². The summed E-state index contributed by atoms with van der Waals surface area (Å²) in [6.07, 6.45) is 0.193. The fourth-order valence-corrected chi connectivity index (χ4v) is 3.21. The Morgan fingerprint density at radius 2 is 1.83 bits per heavy atom. The molecule has 4 rings (SSSR count). The Bertz CT molecular complexity index is 1030. The van der Waals surface area contributed by atoms with Crippen LogP contribution in [0, 0.1) is 11.3 Å². The van der Waals surface area contributed by atoms with E-state index in [2.05, 4.69) is 19.7 Å². The third-order valence-electron chi connectivity index (χ3n) is 5.08. The molecule has 0 aromatic carbocycles. The second-order valence-electron chi connectivity index (χ2n) is 7.47. The number of anilines is 1. The van der Waals surface area contributed by atoms with Crippen LogP contribution in [0.1, 0.15) is 30.9 Å². The maximum atomic E-state index is 12.2. The Morgan fingerprint density at radius 1 is 1.17 bits per heavy atom. The predicted octanol–water partition coefficient (Wildman–Crippen LogP) is 2.22. The van der Waals surface area contributed by atoms with Gasteiger partial charge in [0.05, 0.1) is 18.9 Å². The van der Waals surface area contributed by atoms with Gasteiger partial charge in [0.25, 0.3) is 5.56 Å². The summed E-state index contributed by atoms with van der Waals surface area (Å²) in [5.41, 5.74) is -2.12. The lowest BCUT2D eigenvalue weighted by atomic mass is 10.2. The molecular weight excluding hydrogens is 469 g/mol. The van der Waals surface area contributed by atoms with Crippen LogP contribution in [0.5, 0.6) is 5.75 Å². The molecule has 35 heavy (non-hydrogen) atoms. The summed E-state index contributed by atoms with van der Waals surface area (Å²) in [5.74, 6) is 0.404. The standard InChI is InChI=1S/C12H14N4O.C6H5F3N2O2.C4H8O/c1-10(17)15-4-6-16(7-5-15)12-3-2-11(8-13)9-14-12;1-13-3-2-10-11-5(12)4(3)6(7,8)9;1-2-4-5-3-1/h2-3,9H,4-7H2,1H3;2H,1H3,(H,11,12);1-4H2. The van der Waals surface area contributed by atoms with E-state index in [4.69, 9.17) is 10.00 Å². The summed E-state index contributed by atoms with van der Waals surface area (Å²) < 4.78 is 45.8. The molecule has 190 valence electrons. The first-order chi connectivity index (χ1) is 16.7. The number of alkyl halides is 3. The van der Waals surface area contributed by atoms with E-state index in [0.717, 1.165) is 58.5 Å². The SMILES string of the molecule is C1CCOC1.CC(=O)N1CCN(c2ccc(C#N)cn2)CC1.COc1cn[nH]c(=O)c1C(F)(F)F. The number of carbonyl (C=O) groups is 1. The smallest absolute Gasteiger partial charge is 0.425 e. The summed E-state index contributed by atoms with van der Waals surface area (Å²) in [4.78, 5) is 30.1. The number of pyridine rings is 1. The lowest BCUT2D eigenvalue weighted by molar-refractivity contribution is -0.140. The Morgan fingerprint density at radius 3 is 2.23 bits per heavy atom. The van der Waals surface area contributed by atoms with Crippen molar-refractivity contribution in [2.24, 2.45) is 0 Å². The summed E-state index contributed by atoms with van der Waals surface area (Å²) in [7, 11) is 1.03. The highest BCUT2D eigenvalue weighted by Crippen LogP contribution is 2.32. The fourth-order valence-electron chi connectivity index (χ4n) is 3.21. The molecular formula is C22H27F3N6O4. The molecule has 2 aromatic heterocycles. The van der Waals surface area contributed by atoms with Gasteiger partial charge in [-0.3, -0.25) is 9.59 Å². The number of piperazine rings is 1. The van der Waals surface area contributed by atoms with E-state index in [1.165, 1.54) is 12.8 Å². The van der Waals surface area contributed by atoms with Crippen molar-refractivity contribution in [1.29, 1.82) is 5.26 Å². The monoisotopic (exact) mass is 496 g/mol. The zero-order chi connectivity index (χ0) is 25.8. The second-order valence-corrected chi connectivity index (χ2v) is 7.47. The Labute approximate surface area is 200 Å². The normalized spacial score (nSPS) is 15.2. The number of H-pyrrole nitrogens is 1. The lowest BCUT2D eigenvalue weighted by Gasteiger charge is -2.34. The average molecular weight is 496 g/mol. The summed E-state index contributed by atoms with van der Waals surface area (Å²) in [6, 6.07) is 5.66. The van der Waals surface area contributed by atoms with Crippen LogP contribution in [-0.2, 0) is 15.7 Å². The lowest BCUT2D eigenvalue weighted by Crippen LogP contribution is -2.48. The number of nitrogens with zero attached hydrogens (tertiary/aromatic N) is 5. The van der Waals surface area contributed by atoms with Gasteiger partial charge >= 0.3 is 6.18 Å². The van der Waals surface area contributed by atoms with E-state index in [9.17, 15) is 22.8 Å². The second kappa shape index (κ2) is 13.3. The van der Waals surface area contributed by atoms with Crippen molar-refractivity contribution >= 4 is 11.7 Å². The molecule has 1 amide bonds. The van der Waals surface area contributed by atoms with E-state index in [1.54, 1.807) is 24.3 Å². The highest BCUT2D eigenvalue weighted by atomic mass is 19.4. The fraction of sp³-hybridized carbons (Fsp3) is 0.500. The summed E-state index contributed by atoms with van der Waals surface area (Å²) >= 11 is 0. The molecule has 0 saturated carbocycles. The van der Waals surface area contributed by atoms with Crippen molar-refractivity contribution in [1.82, 2.24) is 20.1 Å². The quantitative estimate of drug-likeness (QED) is 0.671. The number of hydrogen-bond acceptors (Lipinski definition) is 8. The first-order valence-electron chi connectivity index (χ1n) is 10.8. The van der Waals surface area contributed by atoms with Crippen molar-refractivity contribution in [2.75, 3.05) is 51.4 Å². The van der Waals surface area contributed by atoms with E-state index < -0.39 is 23.0 Å². The zero-order valence-corrected chi connectivity index (χ0v) is 19.5. The molecule has 2 fully saturated rings. The van der Waals surface area contributed by atoms with E-state index in [0.29, 0.717) is 5.56 Å². The largest absolute Gasteiger partial charge is 0.494 e. The molecule has 2 aliphatic heterocycles. The van der Waals surface area contributed by atoms with Crippen molar-refractivity contribution in [3.8, 4) is 11.8 Å². The minimum Gasteiger partial charge on any atom is -0.494 e. The van der Waals surface area contributed by atoms with Crippen LogP contribution < -0.4 is 15.2 Å². The molecule has 0 spiro atoms. The van der Waals surface area contributed by atoms with E-state index in [-0.39, 0.29) is 5.91 Å². The molecule has 13 heteroatoms. The van der Waals surface area contributed by atoms with Gasteiger partial charge in [0.1, 0.15) is 11.9 Å². The van der Waals surface area contributed by atoms with Gasteiger partial charge in [-0.15, -0.1) is 0 Å². The van der Waals surface area contributed by atoms with Crippen LogP contribution in [0.3, 0.4) is 0 Å². The maximum absolute atomic E-state index is 12.2. The number of nitrogens with one attached hydrogen (secondary N) is 1. The Hall–Kier alpha value is -3.66. The molecule has 0 aliphatic carbocycles. The van der Waals surface area contributed by atoms with Crippen LogP contribution in [0.25, 0.3) is 0 Å². The Balaban J connectivity index is 0.000000211. The molecule has 0 atom stereocenters. The van der Waals surface area contributed by atoms with Crippen LogP contribution in [0.4, 0.5) is 19.0 Å². The number of rotatable bonds is 2. The number of hydrogen-bond donors (Lipinski definition) is 1. The Kier molecular flexibility index (Phi) is 10.5. The highest BCUT2D eigenvalue weighted by molar-refractivity contribution is 5.73. The van der Waals surface area contributed by atoms with Gasteiger partial charge in [-0.25, -0.2) is 10.1 Å². The van der Waals surface area contributed by atoms with Gasteiger partial charge in [0, 0.05) is 52.5 Å². The molecule has 4 heterocycles. The first-order valence-corrected chi connectivity index (χ1v) is 10.8. The molecule has 0 bridgehead atoms. The predicted molar refractivity (Wildman–Crippen MR) is 120 cm³/mol. The minimum absolute atomic E-state index is 0.123. The summed E-state index contributed by atoms with van der Waals surface area (Å²) in [6.45, 7) is 6.64. The van der Waals surface area contributed by atoms with Gasteiger partial charge in [-0.05, 0) is 25.0 Å². The topological polar surface area (TPSA) is 124 Å². The van der Waals surface area contributed by atoms with Crippen molar-refractivity contribution in [3.05, 3.63) is 46.0 Å². The number of ether oxygens (including phenoxy) is 2. The van der Waals surface area contributed by atoms with Crippen molar-refractivity contribution < 1.29 is 27.4 Å². The van der Waals surface area contributed by atoms with Crippen LogP contribution in [-0.4, -0.2) is 72.5 Å². The number of aromatic amines is 1. The third kappa shape index (κ3) is 8.56. The average Bonchev–Trinajstić information content (AvgIpc) is 3.44. The number of amides is 1.